The summed E-state index contributed by atoms with van der Waals surface area (Å²) in [5.41, 5.74) is 0.960. The van der Waals surface area contributed by atoms with Crippen molar-refractivity contribution in [3.8, 4) is 0 Å². The lowest BCUT2D eigenvalue weighted by Crippen LogP contribution is -2.26. The Balaban J connectivity index is 3.61. The topological polar surface area (TPSA) is 49.3 Å². The molecule has 16 heavy (non-hydrogen) atoms. The highest BCUT2D eigenvalue weighted by atomic mass is 16.4. The predicted molar refractivity (Wildman–Crippen MR) is 67.1 cm³/mol. The summed E-state index contributed by atoms with van der Waals surface area (Å²) in [5.74, 6) is -0.905. The zero-order chi connectivity index (χ0) is 12.1. The van der Waals surface area contributed by atoms with Crippen molar-refractivity contribution >= 4 is 23.8 Å². The molecule has 2 N–H and O–H groups in total. The SMILES string of the molecule is C/C=c1/cc(NC)c(C(=O)O)cc1=CCC. The number of nitrogens with one attached hydrogen (secondary N) is 1. The van der Waals surface area contributed by atoms with Gasteiger partial charge >= 0.3 is 5.97 Å². The van der Waals surface area contributed by atoms with Crippen molar-refractivity contribution in [2.45, 2.75) is 20.3 Å². The number of benzene rings is 1. The smallest absolute Gasteiger partial charge is 0.337 e. The molecule has 0 fully saturated rings. The van der Waals surface area contributed by atoms with Crippen molar-refractivity contribution in [2.24, 2.45) is 0 Å². The van der Waals surface area contributed by atoms with Crippen molar-refractivity contribution < 1.29 is 9.90 Å². The fourth-order valence-corrected chi connectivity index (χ4v) is 1.66. The summed E-state index contributed by atoms with van der Waals surface area (Å²) in [6.07, 6.45) is 4.90. The largest absolute Gasteiger partial charge is 0.478 e. The molecule has 1 aromatic carbocycles. The van der Waals surface area contributed by atoms with Crippen LogP contribution in [0.1, 0.15) is 30.6 Å². The molecular weight excluding hydrogens is 202 g/mol. The van der Waals surface area contributed by atoms with Crippen molar-refractivity contribution in [2.75, 3.05) is 12.4 Å². The normalized spacial score (nSPS) is 12.9. The first kappa shape index (κ1) is 12.3. The van der Waals surface area contributed by atoms with Crippen molar-refractivity contribution in [1.29, 1.82) is 0 Å². The van der Waals surface area contributed by atoms with E-state index in [-0.39, 0.29) is 0 Å². The Morgan fingerprint density at radius 3 is 2.56 bits per heavy atom. The average Bonchev–Trinajstić information content (AvgIpc) is 2.28. The first-order chi connectivity index (χ1) is 7.63. The molecule has 0 saturated heterocycles. The number of carbonyl (C=O) groups is 1. The molecule has 0 aliphatic carbocycles. The highest BCUT2D eigenvalue weighted by Gasteiger charge is 2.08. The molecule has 86 valence electrons. The van der Waals surface area contributed by atoms with Gasteiger partial charge in [-0.05, 0) is 35.9 Å². The van der Waals surface area contributed by atoms with E-state index in [4.69, 9.17) is 5.11 Å². The molecule has 0 atom stereocenters. The molecule has 0 aliphatic heterocycles. The van der Waals surface area contributed by atoms with Gasteiger partial charge in [0, 0.05) is 12.7 Å². The van der Waals surface area contributed by atoms with Crippen LogP contribution in [-0.2, 0) is 0 Å². The molecular formula is C13H17NO2. The van der Waals surface area contributed by atoms with E-state index in [1.807, 2.05) is 32.1 Å². The Morgan fingerprint density at radius 1 is 1.44 bits per heavy atom. The quantitative estimate of drug-likeness (QED) is 0.808. The number of hydrogen-bond acceptors (Lipinski definition) is 2. The summed E-state index contributed by atoms with van der Waals surface area (Å²) >= 11 is 0. The van der Waals surface area contributed by atoms with Gasteiger partial charge in [-0.3, -0.25) is 0 Å². The third kappa shape index (κ3) is 2.42. The molecule has 1 rings (SSSR count). The third-order valence-corrected chi connectivity index (χ3v) is 2.46. The lowest BCUT2D eigenvalue weighted by molar-refractivity contribution is 0.0698. The van der Waals surface area contributed by atoms with Crippen LogP contribution >= 0.6 is 0 Å². The lowest BCUT2D eigenvalue weighted by Gasteiger charge is -2.05. The van der Waals surface area contributed by atoms with E-state index in [0.29, 0.717) is 11.3 Å². The number of carboxylic acids is 1. The zero-order valence-corrected chi connectivity index (χ0v) is 9.87. The molecule has 0 aliphatic rings. The highest BCUT2D eigenvalue weighted by Crippen LogP contribution is 2.09. The van der Waals surface area contributed by atoms with Gasteiger partial charge < -0.3 is 10.4 Å². The van der Waals surface area contributed by atoms with Crippen LogP contribution in [0.25, 0.3) is 12.2 Å². The Kier molecular flexibility index (Phi) is 4.11. The van der Waals surface area contributed by atoms with Crippen LogP contribution in [0.15, 0.2) is 12.1 Å². The first-order valence-corrected chi connectivity index (χ1v) is 5.35. The maximum absolute atomic E-state index is 11.1. The Bertz CT molecular complexity index is 503. The average molecular weight is 219 g/mol. The Hall–Kier alpha value is -1.77. The van der Waals surface area contributed by atoms with Gasteiger partial charge in [0.05, 0.1) is 5.56 Å². The summed E-state index contributed by atoms with van der Waals surface area (Å²) in [7, 11) is 1.73. The van der Waals surface area contributed by atoms with Crippen molar-refractivity contribution in [3.05, 3.63) is 28.1 Å². The molecule has 0 amide bonds. The molecule has 0 radical (unpaired) electrons. The summed E-state index contributed by atoms with van der Waals surface area (Å²) in [4.78, 5) is 11.1. The summed E-state index contributed by atoms with van der Waals surface area (Å²) in [6.45, 7) is 3.98. The maximum Gasteiger partial charge on any atom is 0.337 e. The van der Waals surface area contributed by atoms with Crippen molar-refractivity contribution in [1.82, 2.24) is 0 Å². The van der Waals surface area contributed by atoms with E-state index < -0.39 is 5.97 Å². The first-order valence-electron chi connectivity index (χ1n) is 5.35. The van der Waals surface area contributed by atoms with E-state index in [1.165, 1.54) is 0 Å². The van der Waals surface area contributed by atoms with Crippen LogP contribution in [0.5, 0.6) is 0 Å². The van der Waals surface area contributed by atoms with Gasteiger partial charge in [0.1, 0.15) is 0 Å². The second kappa shape index (κ2) is 5.35. The summed E-state index contributed by atoms with van der Waals surface area (Å²) in [6, 6.07) is 3.58. The van der Waals surface area contributed by atoms with Crippen LogP contribution in [-0.4, -0.2) is 18.1 Å². The summed E-state index contributed by atoms with van der Waals surface area (Å²) < 4.78 is 0. The molecule has 3 nitrogen and oxygen atoms in total. The fraction of sp³-hybridized carbons (Fsp3) is 0.308. The van der Waals surface area contributed by atoms with E-state index >= 15 is 0 Å². The van der Waals surface area contributed by atoms with Gasteiger partial charge in [-0.2, -0.15) is 0 Å². The standard InChI is InChI=1S/C13H17NO2/c1-4-6-10-7-11(13(15)16)12(14-3)8-9(10)5-2/h5-8,14H,4H2,1-3H3,(H,15,16)/b9-5-,10-6?. The fourth-order valence-electron chi connectivity index (χ4n) is 1.66. The highest BCUT2D eigenvalue weighted by molar-refractivity contribution is 5.94. The van der Waals surface area contributed by atoms with Gasteiger partial charge in [-0.25, -0.2) is 4.79 Å². The summed E-state index contributed by atoms with van der Waals surface area (Å²) in [5, 5.41) is 14.0. The Labute approximate surface area is 95.1 Å². The molecule has 3 heteroatoms. The second-order valence-corrected chi connectivity index (χ2v) is 3.48. The number of hydrogen-bond donors (Lipinski definition) is 2. The minimum atomic E-state index is -0.905. The van der Waals surface area contributed by atoms with Crippen LogP contribution in [0, 0.1) is 0 Å². The van der Waals surface area contributed by atoms with E-state index in [0.717, 1.165) is 16.9 Å². The monoisotopic (exact) mass is 219 g/mol. The van der Waals surface area contributed by atoms with Crippen LogP contribution in [0.3, 0.4) is 0 Å². The van der Waals surface area contributed by atoms with Gasteiger partial charge in [0.2, 0.25) is 0 Å². The third-order valence-electron chi connectivity index (χ3n) is 2.46. The van der Waals surface area contributed by atoms with E-state index in [9.17, 15) is 4.79 Å². The predicted octanol–water partition coefficient (Wildman–Crippen LogP) is 1.42. The molecule has 0 unspecified atom stereocenters. The second-order valence-electron chi connectivity index (χ2n) is 3.48. The van der Waals surface area contributed by atoms with Gasteiger partial charge in [-0.15, -0.1) is 0 Å². The number of rotatable bonds is 3. The van der Waals surface area contributed by atoms with Crippen LogP contribution in [0.2, 0.25) is 0 Å². The number of carboxylic acid groups (broad SMARTS) is 1. The Morgan fingerprint density at radius 2 is 2.12 bits per heavy atom. The molecule has 0 bridgehead atoms. The molecule has 0 heterocycles. The van der Waals surface area contributed by atoms with Crippen LogP contribution < -0.4 is 15.8 Å². The molecule has 0 spiro atoms. The maximum atomic E-state index is 11.1. The van der Waals surface area contributed by atoms with Gasteiger partial charge in [-0.1, -0.05) is 19.1 Å². The van der Waals surface area contributed by atoms with E-state index in [1.54, 1.807) is 13.1 Å². The number of anilines is 1. The van der Waals surface area contributed by atoms with Gasteiger partial charge in [0.25, 0.3) is 0 Å². The molecule has 0 aromatic heterocycles. The van der Waals surface area contributed by atoms with Crippen LogP contribution in [0.4, 0.5) is 5.69 Å². The van der Waals surface area contributed by atoms with E-state index in [2.05, 4.69) is 5.32 Å². The zero-order valence-electron chi connectivity index (χ0n) is 9.87. The minimum absolute atomic E-state index is 0.313. The molecule has 0 saturated carbocycles. The minimum Gasteiger partial charge on any atom is -0.478 e. The molecule has 1 aromatic rings. The van der Waals surface area contributed by atoms with Gasteiger partial charge in [0.15, 0.2) is 0 Å². The lowest BCUT2D eigenvalue weighted by atomic mass is 10.1. The number of aromatic carboxylic acids is 1. The van der Waals surface area contributed by atoms with Crippen molar-refractivity contribution in [3.63, 3.8) is 0 Å².